The van der Waals surface area contributed by atoms with Crippen LogP contribution in [0.1, 0.15) is 62.6 Å². The SMILES string of the molecule is Cc1ccoc1C(=O)NCCCN=C(N)NC(C)CCCC(C)C. The lowest BCUT2D eigenvalue weighted by Gasteiger charge is -2.15. The molecule has 6 nitrogen and oxygen atoms in total. The molecule has 1 amide bonds. The van der Waals surface area contributed by atoms with Crippen LogP contribution in [-0.2, 0) is 0 Å². The Morgan fingerprint density at radius 2 is 2.04 bits per heavy atom. The summed E-state index contributed by atoms with van der Waals surface area (Å²) in [5.41, 5.74) is 6.72. The Labute approximate surface area is 145 Å². The molecule has 1 unspecified atom stereocenters. The van der Waals surface area contributed by atoms with Gasteiger partial charge in [-0.1, -0.05) is 26.7 Å². The second-order valence-corrected chi connectivity index (χ2v) is 6.68. The van der Waals surface area contributed by atoms with E-state index in [0.29, 0.717) is 30.9 Å². The van der Waals surface area contributed by atoms with E-state index in [1.807, 2.05) is 6.92 Å². The highest BCUT2D eigenvalue weighted by Gasteiger charge is 2.11. The molecule has 6 heteroatoms. The summed E-state index contributed by atoms with van der Waals surface area (Å²) in [4.78, 5) is 16.1. The number of carbonyl (C=O) groups is 1. The van der Waals surface area contributed by atoms with Gasteiger partial charge >= 0.3 is 0 Å². The lowest BCUT2D eigenvalue weighted by atomic mass is 10.0. The first-order chi connectivity index (χ1) is 11.4. The predicted molar refractivity (Wildman–Crippen MR) is 98.2 cm³/mol. The largest absolute Gasteiger partial charge is 0.459 e. The molecule has 4 N–H and O–H groups in total. The smallest absolute Gasteiger partial charge is 0.287 e. The van der Waals surface area contributed by atoms with E-state index < -0.39 is 0 Å². The third-order valence-electron chi connectivity index (χ3n) is 3.78. The van der Waals surface area contributed by atoms with Crippen molar-refractivity contribution >= 4 is 11.9 Å². The summed E-state index contributed by atoms with van der Waals surface area (Å²) in [6.45, 7) is 9.56. The average Bonchev–Trinajstić information content (AvgIpc) is 2.92. The Balaban J connectivity index is 2.15. The molecule has 0 aliphatic heterocycles. The molecule has 0 fully saturated rings. The third-order valence-corrected chi connectivity index (χ3v) is 3.78. The van der Waals surface area contributed by atoms with Gasteiger partial charge in [-0.3, -0.25) is 9.79 Å². The van der Waals surface area contributed by atoms with Crippen LogP contribution in [0.5, 0.6) is 0 Å². The first-order valence-corrected chi connectivity index (χ1v) is 8.79. The summed E-state index contributed by atoms with van der Waals surface area (Å²) in [6, 6.07) is 2.10. The van der Waals surface area contributed by atoms with Crippen molar-refractivity contribution in [2.45, 2.75) is 59.4 Å². The quantitative estimate of drug-likeness (QED) is 0.348. The summed E-state index contributed by atoms with van der Waals surface area (Å²) in [5, 5.41) is 6.02. The molecule has 0 saturated carbocycles. The third kappa shape index (κ3) is 8.04. The summed E-state index contributed by atoms with van der Waals surface area (Å²) < 4.78 is 5.14. The van der Waals surface area contributed by atoms with E-state index in [1.54, 1.807) is 6.07 Å². The van der Waals surface area contributed by atoms with E-state index in [0.717, 1.165) is 24.3 Å². The van der Waals surface area contributed by atoms with E-state index >= 15 is 0 Å². The standard InChI is InChI=1S/C18H32N4O2/c1-13(2)7-5-8-15(4)22-18(19)21-11-6-10-20-17(23)16-14(3)9-12-24-16/h9,12-13,15H,5-8,10-11H2,1-4H3,(H,20,23)(H3,19,21,22). The second kappa shape index (κ2) is 10.7. The summed E-state index contributed by atoms with van der Waals surface area (Å²) in [7, 11) is 0. The van der Waals surface area contributed by atoms with E-state index in [4.69, 9.17) is 10.2 Å². The molecule has 1 rings (SSSR count). The van der Waals surface area contributed by atoms with Gasteiger partial charge in [0.2, 0.25) is 0 Å². The first-order valence-electron chi connectivity index (χ1n) is 8.79. The minimum atomic E-state index is -0.189. The number of nitrogens with one attached hydrogen (secondary N) is 2. The number of rotatable bonds is 10. The number of hydrogen-bond donors (Lipinski definition) is 3. The van der Waals surface area contributed by atoms with Crippen molar-refractivity contribution in [2.75, 3.05) is 13.1 Å². The van der Waals surface area contributed by atoms with Gasteiger partial charge in [-0.15, -0.1) is 0 Å². The molecule has 0 spiro atoms. The number of hydrogen-bond acceptors (Lipinski definition) is 3. The van der Waals surface area contributed by atoms with Crippen LogP contribution >= 0.6 is 0 Å². The van der Waals surface area contributed by atoms with Gasteiger partial charge in [0, 0.05) is 24.7 Å². The minimum Gasteiger partial charge on any atom is -0.459 e. The maximum absolute atomic E-state index is 11.8. The molecule has 1 aromatic rings. The topological polar surface area (TPSA) is 92.7 Å². The van der Waals surface area contributed by atoms with E-state index in [2.05, 4.69) is 36.4 Å². The summed E-state index contributed by atoms with van der Waals surface area (Å²) in [6.07, 6.45) is 5.76. The minimum absolute atomic E-state index is 0.189. The first kappa shape index (κ1) is 20.1. The maximum atomic E-state index is 11.8. The van der Waals surface area contributed by atoms with Crippen molar-refractivity contribution in [1.29, 1.82) is 0 Å². The lowest BCUT2D eigenvalue weighted by Crippen LogP contribution is -2.38. The molecule has 1 atom stereocenters. The van der Waals surface area contributed by atoms with Crippen LogP contribution < -0.4 is 16.4 Å². The van der Waals surface area contributed by atoms with Crippen molar-refractivity contribution in [3.63, 3.8) is 0 Å². The number of furan rings is 1. The molecule has 136 valence electrons. The van der Waals surface area contributed by atoms with Crippen LogP contribution in [0.4, 0.5) is 0 Å². The number of guanidine groups is 1. The zero-order valence-electron chi connectivity index (χ0n) is 15.4. The number of aryl methyl sites for hydroxylation is 1. The Morgan fingerprint density at radius 1 is 1.29 bits per heavy atom. The number of amides is 1. The molecule has 0 radical (unpaired) electrons. The van der Waals surface area contributed by atoms with Crippen molar-refractivity contribution in [2.24, 2.45) is 16.6 Å². The molecule has 1 heterocycles. The molecule has 0 saturated heterocycles. The van der Waals surface area contributed by atoms with Crippen molar-refractivity contribution in [3.05, 3.63) is 23.7 Å². The van der Waals surface area contributed by atoms with Crippen LogP contribution in [-0.4, -0.2) is 31.0 Å². The zero-order chi connectivity index (χ0) is 17.9. The van der Waals surface area contributed by atoms with Gasteiger partial charge < -0.3 is 20.8 Å². The van der Waals surface area contributed by atoms with Gasteiger partial charge in [-0.2, -0.15) is 0 Å². The molecule has 1 aromatic heterocycles. The average molecular weight is 336 g/mol. The highest BCUT2D eigenvalue weighted by Crippen LogP contribution is 2.08. The van der Waals surface area contributed by atoms with Crippen LogP contribution in [0.3, 0.4) is 0 Å². The summed E-state index contributed by atoms with van der Waals surface area (Å²) >= 11 is 0. The number of nitrogens with zero attached hydrogens (tertiary/aromatic N) is 1. The lowest BCUT2D eigenvalue weighted by molar-refractivity contribution is 0.0925. The second-order valence-electron chi connectivity index (χ2n) is 6.68. The molecular weight excluding hydrogens is 304 g/mol. The fourth-order valence-electron chi connectivity index (χ4n) is 2.37. The van der Waals surface area contributed by atoms with Crippen LogP contribution in [0.2, 0.25) is 0 Å². The maximum Gasteiger partial charge on any atom is 0.287 e. The van der Waals surface area contributed by atoms with Crippen LogP contribution in [0.25, 0.3) is 0 Å². The molecule has 0 aromatic carbocycles. The number of nitrogens with two attached hydrogens (primary N) is 1. The highest BCUT2D eigenvalue weighted by molar-refractivity contribution is 5.92. The number of carbonyl (C=O) groups excluding carboxylic acids is 1. The Bertz CT molecular complexity index is 523. The normalized spacial score (nSPS) is 13.1. The van der Waals surface area contributed by atoms with E-state index in [1.165, 1.54) is 19.1 Å². The molecule has 0 bridgehead atoms. The fraction of sp³-hybridized carbons (Fsp3) is 0.667. The number of aliphatic imine (C=N–C) groups is 1. The van der Waals surface area contributed by atoms with Crippen molar-refractivity contribution in [1.82, 2.24) is 10.6 Å². The Morgan fingerprint density at radius 3 is 2.67 bits per heavy atom. The zero-order valence-corrected chi connectivity index (χ0v) is 15.4. The van der Waals surface area contributed by atoms with Crippen molar-refractivity contribution < 1.29 is 9.21 Å². The monoisotopic (exact) mass is 336 g/mol. The van der Waals surface area contributed by atoms with E-state index in [9.17, 15) is 4.79 Å². The van der Waals surface area contributed by atoms with Crippen molar-refractivity contribution in [3.8, 4) is 0 Å². The van der Waals surface area contributed by atoms with Gasteiger partial charge in [0.1, 0.15) is 0 Å². The van der Waals surface area contributed by atoms with Gasteiger partial charge in [-0.05, 0) is 38.7 Å². The molecule has 0 aliphatic rings. The Kier molecular flexibility index (Phi) is 8.97. The molecule has 24 heavy (non-hydrogen) atoms. The fourth-order valence-corrected chi connectivity index (χ4v) is 2.37. The van der Waals surface area contributed by atoms with Gasteiger partial charge in [0.15, 0.2) is 11.7 Å². The predicted octanol–water partition coefficient (Wildman–Crippen LogP) is 2.83. The highest BCUT2D eigenvalue weighted by atomic mass is 16.3. The van der Waals surface area contributed by atoms with Crippen LogP contribution in [0.15, 0.2) is 21.7 Å². The van der Waals surface area contributed by atoms with Gasteiger partial charge in [-0.25, -0.2) is 0 Å². The van der Waals surface area contributed by atoms with Gasteiger partial charge in [0.25, 0.3) is 5.91 Å². The van der Waals surface area contributed by atoms with E-state index in [-0.39, 0.29) is 5.91 Å². The molecule has 0 aliphatic carbocycles. The van der Waals surface area contributed by atoms with Gasteiger partial charge in [0.05, 0.1) is 6.26 Å². The summed E-state index contributed by atoms with van der Waals surface area (Å²) in [5.74, 6) is 1.39. The molecular formula is C18H32N4O2. The van der Waals surface area contributed by atoms with Crippen LogP contribution in [0, 0.1) is 12.8 Å². The Hall–Kier alpha value is -1.98.